The van der Waals surface area contributed by atoms with Gasteiger partial charge in [-0.2, -0.15) is 0 Å². The van der Waals surface area contributed by atoms with Crippen LogP contribution in [-0.4, -0.2) is 61.7 Å². The second-order valence-corrected chi connectivity index (χ2v) is 5.41. The van der Waals surface area contributed by atoms with Crippen LogP contribution in [0.25, 0.3) is 0 Å². The predicted molar refractivity (Wildman–Crippen MR) is 74.0 cm³/mol. The molecule has 17 heavy (non-hydrogen) atoms. The van der Waals surface area contributed by atoms with Gasteiger partial charge in [-0.1, -0.05) is 19.8 Å². The normalized spacial score (nSPS) is 20.4. The zero-order chi connectivity index (χ0) is 12.7. The quantitative estimate of drug-likeness (QED) is 0.546. The van der Waals surface area contributed by atoms with Crippen LogP contribution in [0.5, 0.6) is 0 Å². The second-order valence-electron chi connectivity index (χ2n) is 5.41. The summed E-state index contributed by atoms with van der Waals surface area (Å²) in [7, 11) is 0. The largest absolute Gasteiger partial charge is 0.305 e. The SMILES string of the molecule is C#CCNCC(C)N1CCN(CC(C)C)CC1. The molecule has 0 radical (unpaired) electrons. The van der Waals surface area contributed by atoms with Crippen molar-refractivity contribution in [2.24, 2.45) is 5.92 Å². The van der Waals surface area contributed by atoms with Gasteiger partial charge in [0.2, 0.25) is 0 Å². The van der Waals surface area contributed by atoms with Crippen molar-refractivity contribution in [3.05, 3.63) is 0 Å². The lowest BCUT2D eigenvalue weighted by Gasteiger charge is -2.38. The van der Waals surface area contributed by atoms with E-state index >= 15 is 0 Å². The van der Waals surface area contributed by atoms with E-state index in [1.165, 1.54) is 32.7 Å². The minimum Gasteiger partial charge on any atom is -0.305 e. The number of piperazine rings is 1. The molecule has 3 nitrogen and oxygen atoms in total. The number of nitrogens with zero attached hydrogens (tertiary/aromatic N) is 2. The summed E-state index contributed by atoms with van der Waals surface area (Å²) in [4.78, 5) is 5.13. The summed E-state index contributed by atoms with van der Waals surface area (Å²) >= 11 is 0. The third kappa shape index (κ3) is 5.54. The maximum Gasteiger partial charge on any atom is 0.0574 e. The van der Waals surface area contributed by atoms with Crippen molar-refractivity contribution in [1.29, 1.82) is 0 Å². The summed E-state index contributed by atoms with van der Waals surface area (Å²) in [6.45, 7) is 14.6. The molecule has 1 unspecified atom stereocenters. The van der Waals surface area contributed by atoms with Gasteiger partial charge < -0.3 is 10.2 Å². The summed E-state index contributed by atoms with van der Waals surface area (Å²) in [6.07, 6.45) is 5.22. The van der Waals surface area contributed by atoms with E-state index in [2.05, 4.69) is 41.8 Å². The maximum atomic E-state index is 5.22. The Morgan fingerprint density at radius 1 is 1.18 bits per heavy atom. The van der Waals surface area contributed by atoms with E-state index in [9.17, 15) is 0 Å². The van der Waals surface area contributed by atoms with Crippen molar-refractivity contribution in [3.8, 4) is 12.3 Å². The van der Waals surface area contributed by atoms with Crippen LogP contribution < -0.4 is 5.32 Å². The number of rotatable bonds is 6. The third-order valence-corrected chi connectivity index (χ3v) is 3.32. The lowest BCUT2D eigenvalue weighted by atomic mass is 10.1. The van der Waals surface area contributed by atoms with Gasteiger partial charge in [-0.3, -0.25) is 4.90 Å². The second kappa shape index (κ2) is 7.71. The molecular weight excluding hydrogens is 210 g/mol. The monoisotopic (exact) mass is 237 g/mol. The van der Waals surface area contributed by atoms with Crippen LogP contribution in [0, 0.1) is 18.3 Å². The van der Waals surface area contributed by atoms with Gasteiger partial charge in [-0.15, -0.1) is 6.42 Å². The van der Waals surface area contributed by atoms with Gasteiger partial charge in [0.15, 0.2) is 0 Å². The molecule has 1 aliphatic heterocycles. The highest BCUT2D eigenvalue weighted by molar-refractivity contribution is 4.87. The van der Waals surface area contributed by atoms with Gasteiger partial charge in [0.1, 0.15) is 0 Å². The zero-order valence-electron chi connectivity index (χ0n) is 11.6. The number of terminal acetylenes is 1. The van der Waals surface area contributed by atoms with Crippen molar-refractivity contribution in [3.63, 3.8) is 0 Å². The van der Waals surface area contributed by atoms with Gasteiger partial charge in [0, 0.05) is 45.3 Å². The highest BCUT2D eigenvalue weighted by atomic mass is 15.3. The molecule has 3 heteroatoms. The molecule has 1 rings (SSSR count). The Morgan fingerprint density at radius 2 is 1.82 bits per heavy atom. The van der Waals surface area contributed by atoms with Crippen LogP contribution >= 0.6 is 0 Å². The van der Waals surface area contributed by atoms with Crippen molar-refractivity contribution in [2.45, 2.75) is 26.8 Å². The first-order chi connectivity index (χ1) is 8.13. The molecule has 1 saturated heterocycles. The molecule has 1 fully saturated rings. The van der Waals surface area contributed by atoms with E-state index in [4.69, 9.17) is 6.42 Å². The average molecular weight is 237 g/mol. The molecule has 1 atom stereocenters. The van der Waals surface area contributed by atoms with Crippen LogP contribution in [0.15, 0.2) is 0 Å². The number of nitrogens with one attached hydrogen (secondary N) is 1. The minimum atomic E-state index is 0.588. The molecule has 0 aromatic rings. The Hall–Kier alpha value is -0.560. The van der Waals surface area contributed by atoms with E-state index in [0.717, 1.165) is 12.5 Å². The van der Waals surface area contributed by atoms with Crippen molar-refractivity contribution >= 4 is 0 Å². The van der Waals surface area contributed by atoms with Gasteiger partial charge in [-0.05, 0) is 12.8 Å². The van der Waals surface area contributed by atoms with Crippen LogP contribution in [-0.2, 0) is 0 Å². The summed E-state index contributed by atoms with van der Waals surface area (Å²) < 4.78 is 0. The van der Waals surface area contributed by atoms with Crippen LogP contribution in [0.2, 0.25) is 0 Å². The summed E-state index contributed by atoms with van der Waals surface area (Å²) in [5.74, 6) is 3.39. The van der Waals surface area contributed by atoms with Gasteiger partial charge in [-0.25, -0.2) is 0 Å². The topological polar surface area (TPSA) is 18.5 Å². The Balaban J connectivity index is 2.19. The lowest BCUT2D eigenvalue weighted by molar-refractivity contribution is 0.0947. The van der Waals surface area contributed by atoms with Gasteiger partial charge in [0.25, 0.3) is 0 Å². The zero-order valence-corrected chi connectivity index (χ0v) is 11.6. The first-order valence-corrected chi connectivity index (χ1v) is 6.74. The summed E-state index contributed by atoms with van der Waals surface area (Å²) in [5.41, 5.74) is 0. The Labute approximate surface area is 107 Å². The summed E-state index contributed by atoms with van der Waals surface area (Å²) in [6, 6.07) is 0.588. The van der Waals surface area contributed by atoms with Crippen LogP contribution in [0.3, 0.4) is 0 Å². The molecule has 0 aliphatic carbocycles. The third-order valence-electron chi connectivity index (χ3n) is 3.32. The lowest BCUT2D eigenvalue weighted by Crippen LogP contribution is -2.52. The van der Waals surface area contributed by atoms with Crippen molar-refractivity contribution in [2.75, 3.05) is 45.8 Å². The highest BCUT2D eigenvalue weighted by Crippen LogP contribution is 2.07. The van der Waals surface area contributed by atoms with E-state index < -0.39 is 0 Å². The molecule has 0 aromatic carbocycles. The average Bonchev–Trinajstić information content (AvgIpc) is 2.29. The Morgan fingerprint density at radius 3 is 2.35 bits per heavy atom. The molecule has 1 N–H and O–H groups in total. The standard InChI is InChI=1S/C14H27N3/c1-5-6-15-11-14(4)17-9-7-16(8-10-17)12-13(2)3/h1,13-15H,6-12H2,2-4H3. The molecule has 1 aliphatic rings. The molecule has 0 bridgehead atoms. The molecule has 0 amide bonds. The van der Waals surface area contributed by atoms with Gasteiger partial charge in [0.05, 0.1) is 6.54 Å². The van der Waals surface area contributed by atoms with Crippen LogP contribution in [0.4, 0.5) is 0 Å². The maximum absolute atomic E-state index is 5.22. The number of hydrogen-bond acceptors (Lipinski definition) is 3. The first-order valence-electron chi connectivity index (χ1n) is 6.74. The minimum absolute atomic E-state index is 0.588. The fraction of sp³-hybridized carbons (Fsp3) is 0.857. The molecule has 0 spiro atoms. The molecule has 1 heterocycles. The molecule has 0 saturated carbocycles. The first kappa shape index (κ1) is 14.5. The van der Waals surface area contributed by atoms with Crippen molar-refractivity contribution < 1.29 is 0 Å². The fourth-order valence-corrected chi connectivity index (χ4v) is 2.39. The summed E-state index contributed by atoms with van der Waals surface area (Å²) in [5, 5.41) is 3.28. The highest BCUT2D eigenvalue weighted by Gasteiger charge is 2.20. The molecular formula is C14H27N3. The fourth-order valence-electron chi connectivity index (χ4n) is 2.39. The Kier molecular flexibility index (Phi) is 6.57. The smallest absolute Gasteiger partial charge is 0.0574 e. The van der Waals surface area contributed by atoms with Crippen LogP contribution in [0.1, 0.15) is 20.8 Å². The van der Waals surface area contributed by atoms with Crippen molar-refractivity contribution in [1.82, 2.24) is 15.1 Å². The van der Waals surface area contributed by atoms with Gasteiger partial charge >= 0.3 is 0 Å². The van der Waals surface area contributed by atoms with E-state index in [1.54, 1.807) is 0 Å². The van der Waals surface area contributed by atoms with E-state index in [-0.39, 0.29) is 0 Å². The van der Waals surface area contributed by atoms with E-state index in [1.807, 2.05) is 0 Å². The molecule has 98 valence electrons. The van der Waals surface area contributed by atoms with E-state index in [0.29, 0.717) is 12.6 Å². The molecule has 0 aromatic heterocycles. The number of hydrogen-bond donors (Lipinski definition) is 1. The Bertz CT molecular complexity index is 236. The predicted octanol–water partition coefficient (Wildman–Crippen LogP) is 0.871.